The zero-order valence-corrected chi connectivity index (χ0v) is 19.1. The molecule has 1 aliphatic carbocycles. The Labute approximate surface area is 194 Å². The summed E-state index contributed by atoms with van der Waals surface area (Å²) in [6.45, 7) is 5.06. The van der Waals surface area contributed by atoms with Gasteiger partial charge in [0.15, 0.2) is 0 Å². The van der Waals surface area contributed by atoms with Crippen molar-refractivity contribution in [2.45, 2.75) is 44.4 Å². The standard InChI is InChI=1S/C24H31ClN6O/c1-15-9-17(5-6-27-15)23-20-11-18-14-31(24(32)28-21(18)12-22(20)29-30-23)8-7-26-13-16-3-2-4-19(25)10-16/h2-6,9-10,18,20-23,26,29-30H,7-8,11-14H2,1H3,(H,28,32). The maximum absolute atomic E-state index is 12.7. The summed E-state index contributed by atoms with van der Waals surface area (Å²) in [5.74, 6) is 0.977. The van der Waals surface area contributed by atoms with E-state index >= 15 is 0 Å². The molecule has 1 aromatic heterocycles. The van der Waals surface area contributed by atoms with Crippen LogP contribution in [0.3, 0.4) is 0 Å². The SMILES string of the molecule is Cc1cc(C2NNC3CC4NC(=O)N(CCNCc5cccc(Cl)c5)CC4CC32)ccn1. The molecule has 0 spiro atoms. The van der Waals surface area contributed by atoms with Crippen LogP contribution in [0.4, 0.5) is 4.79 Å². The highest BCUT2D eigenvalue weighted by Crippen LogP contribution is 2.41. The van der Waals surface area contributed by atoms with Gasteiger partial charge in [0.25, 0.3) is 0 Å². The second-order valence-electron chi connectivity index (χ2n) is 9.31. The molecule has 32 heavy (non-hydrogen) atoms. The van der Waals surface area contributed by atoms with Crippen LogP contribution in [0.5, 0.6) is 0 Å². The molecule has 4 N–H and O–H groups in total. The zero-order chi connectivity index (χ0) is 22.1. The smallest absolute Gasteiger partial charge is 0.317 e. The predicted molar refractivity (Wildman–Crippen MR) is 125 cm³/mol. The van der Waals surface area contributed by atoms with Gasteiger partial charge in [-0.25, -0.2) is 10.2 Å². The van der Waals surface area contributed by atoms with Gasteiger partial charge in [-0.3, -0.25) is 10.4 Å². The summed E-state index contributed by atoms with van der Waals surface area (Å²) in [7, 11) is 0. The van der Waals surface area contributed by atoms with Crippen LogP contribution in [0.1, 0.15) is 35.7 Å². The van der Waals surface area contributed by atoms with Crippen molar-refractivity contribution in [3.05, 3.63) is 64.4 Å². The second kappa shape index (κ2) is 9.35. The number of nitrogens with one attached hydrogen (secondary N) is 4. The van der Waals surface area contributed by atoms with E-state index in [-0.39, 0.29) is 18.1 Å². The highest BCUT2D eigenvalue weighted by Gasteiger charge is 2.47. The molecule has 5 unspecified atom stereocenters. The monoisotopic (exact) mass is 454 g/mol. The van der Waals surface area contributed by atoms with Crippen LogP contribution in [0.15, 0.2) is 42.6 Å². The minimum Gasteiger partial charge on any atom is -0.335 e. The molecule has 3 fully saturated rings. The summed E-state index contributed by atoms with van der Waals surface area (Å²) in [5, 5.41) is 7.46. The van der Waals surface area contributed by atoms with E-state index in [1.807, 2.05) is 36.2 Å². The van der Waals surface area contributed by atoms with Gasteiger partial charge in [0.1, 0.15) is 0 Å². The molecular formula is C24H31ClN6O. The first kappa shape index (κ1) is 21.6. The number of benzene rings is 1. The normalized spacial score (nSPS) is 29.4. The Balaban J connectivity index is 1.17. The first-order chi connectivity index (χ1) is 15.6. The van der Waals surface area contributed by atoms with Crippen LogP contribution in [0, 0.1) is 18.8 Å². The molecule has 5 atom stereocenters. The fraction of sp³-hybridized carbons (Fsp3) is 0.500. The van der Waals surface area contributed by atoms with Crippen molar-refractivity contribution in [1.82, 2.24) is 31.4 Å². The molecule has 0 radical (unpaired) electrons. The minimum absolute atomic E-state index is 0.0570. The molecule has 8 heteroatoms. The summed E-state index contributed by atoms with van der Waals surface area (Å²) in [4.78, 5) is 19.0. The number of nitrogens with zero attached hydrogens (tertiary/aromatic N) is 2. The number of carbonyl (C=O) groups is 1. The Morgan fingerprint density at radius 1 is 1.19 bits per heavy atom. The first-order valence-corrected chi connectivity index (χ1v) is 11.9. The largest absolute Gasteiger partial charge is 0.335 e. The van der Waals surface area contributed by atoms with Crippen molar-refractivity contribution in [3.8, 4) is 0 Å². The number of hydrogen-bond donors (Lipinski definition) is 4. The van der Waals surface area contributed by atoms with Crippen LogP contribution >= 0.6 is 11.6 Å². The lowest BCUT2D eigenvalue weighted by Crippen LogP contribution is -2.61. The van der Waals surface area contributed by atoms with Gasteiger partial charge in [-0.05, 0) is 67.0 Å². The quantitative estimate of drug-likeness (QED) is 0.505. The van der Waals surface area contributed by atoms with Gasteiger partial charge in [-0.1, -0.05) is 23.7 Å². The van der Waals surface area contributed by atoms with E-state index in [2.05, 4.69) is 44.7 Å². The fourth-order valence-corrected chi connectivity index (χ4v) is 5.74. The van der Waals surface area contributed by atoms with E-state index in [4.69, 9.17) is 11.6 Å². The number of aromatic nitrogens is 1. The Bertz CT molecular complexity index is 971. The molecule has 2 aromatic rings. The summed E-state index contributed by atoms with van der Waals surface area (Å²) >= 11 is 6.06. The third-order valence-corrected chi connectivity index (χ3v) is 7.36. The van der Waals surface area contributed by atoms with Crippen molar-refractivity contribution in [2.75, 3.05) is 19.6 Å². The molecular weight excluding hydrogens is 424 g/mol. The number of pyridine rings is 1. The molecule has 0 bridgehead atoms. The maximum Gasteiger partial charge on any atom is 0.317 e. The van der Waals surface area contributed by atoms with Crippen molar-refractivity contribution in [1.29, 1.82) is 0 Å². The molecule has 1 saturated carbocycles. The van der Waals surface area contributed by atoms with Gasteiger partial charge in [0, 0.05) is 55.2 Å². The average molecular weight is 455 g/mol. The summed E-state index contributed by atoms with van der Waals surface area (Å²) < 4.78 is 0. The Morgan fingerprint density at radius 2 is 2.09 bits per heavy atom. The highest BCUT2D eigenvalue weighted by molar-refractivity contribution is 6.30. The molecule has 2 saturated heterocycles. The van der Waals surface area contributed by atoms with E-state index in [0.29, 0.717) is 24.4 Å². The molecule has 5 rings (SSSR count). The highest BCUT2D eigenvalue weighted by atomic mass is 35.5. The van der Waals surface area contributed by atoms with Crippen LogP contribution in [-0.4, -0.2) is 47.6 Å². The van der Waals surface area contributed by atoms with Crippen LogP contribution < -0.4 is 21.5 Å². The van der Waals surface area contributed by atoms with Gasteiger partial charge in [0.2, 0.25) is 0 Å². The number of urea groups is 1. The van der Waals surface area contributed by atoms with E-state index < -0.39 is 0 Å². The number of aryl methyl sites for hydroxylation is 1. The maximum atomic E-state index is 12.7. The Morgan fingerprint density at radius 3 is 2.94 bits per heavy atom. The Hall–Kier alpha value is -2.19. The number of rotatable bonds is 6. The van der Waals surface area contributed by atoms with Crippen LogP contribution in [0.2, 0.25) is 5.02 Å². The molecule has 2 amide bonds. The van der Waals surface area contributed by atoms with Gasteiger partial charge in [0.05, 0.1) is 6.04 Å². The summed E-state index contributed by atoms with van der Waals surface area (Å²) in [6, 6.07) is 13.1. The average Bonchev–Trinajstić information content (AvgIpc) is 3.18. The van der Waals surface area contributed by atoms with Crippen LogP contribution in [0.25, 0.3) is 0 Å². The van der Waals surface area contributed by atoms with Gasteiger partial charge in [-0.2, -0.15) is 0 Å². The topological polar surface area (TPSA) is 81.3 Å². The Kier molecular flexibility index (Phi) is 6.33. The second-order valence-corrected chi connectivity index (χ2v) is 9.74. The minimum atomic E-state index is 0.0570. The van der Waals surface area contributed by atoms with Crippen LogP contribution in [-0.2, 0) is 6.54 Å². The molecule has 2 aliphatic heterocycles. The van der Waals surface area contributed by atoms with Crippen molar-refractivity contribution in [3.63, 3.8) is 0 Å². The lowest BCUT2D eigenvalue weighted by Gasteiger charge is -2.45. The van der Waals surface area contributed by atoms with E-state index in [9.17, 15) is 4.79 Å². The third-order valence-electron chi connectivity index (χ3n) is 7.13. The van der Waals surface area contributed by atoms with E-state index in [1.54, 1.807) is 0 Å². The number of carbonyl (C=O) groups excluding carboxylic acids is 1. The number of amides is 2. The van der Waals surface area contributed by atoms with Gasteiger partial charge < -0.3 is 15.5 Å². The molecule has 170 valence electrons. The van der Waals surface area contributed by atoms with Gasteiger partial charge in [-0.15, -0.1) is 0 Å². The fourth-order valence-electron chi connectivity index (χ4n) is 5.53. The predicted octanol–water partition coefficient (Wildman–Crippen LogP) is 2.77. The number of halogens is 1. The third kappa shape index (κ3) is 4.62. The first-order valence-electron chi connectivity index (χ1n) is 11.5. The summed E-state index contributed by atoms with van der Waals surface area (Å²) in [6.07, 6.45) is 3.95. The lowest BCUT2D eigenvalue weighted by atomic mass is 9.71. The number of hydrazine groups is 1. The summed E-state index contributed by atoms with van der Waals surface area (Å²) in [5.41, 5.74) is 10.5. The van der Waals surface area contributed by atoms with E-state index in [1.165, 1.54) is 5.56 Å². The lowest BCUT2D eigenvalue weighted by molar-refractivity contribution is 0.0993. The molecule has 7 nitrogen and oxygen atoms in total. The van der Waals surface area contributed by atoms with E-state index in [0.717, 1.165) is 48.8 Å². The van der Waals surface area contributed by atoms with Gasteiger partial charge >= 0.3 is 6.03 Å². The zero-order valence-electron chi connectivity index (χ0n) is 18.4. The molecule has 1 aromatic carbocycles. The number of fused-ring (bicyclic) bond motifs is 2. The molecule has 3 heterocycles. The van der Waals surface area contributed by atoms with Crippen molar-refractivity contribution >= 4 is 17.6 Å². The molecule has 3 aliphatic rings. The van der Waals surface area contributed by atoms with Crippen molar-refractivity contribution < 1.29 is 4.79 Å². The van der Waals surface area contributed by atoms with Crippen molar-refractivity contribution in [2.24, 2.45) is 11.8 Å². The number of hydrogen-bond acceptors (Lipinski definition) is 5.